The van der Waals surface area contributed by atoms with E-state index >= 15 is 0 Å². The SMILES string of the molecule is CN(CC(C)(C)C)c1ccc([N+](=O)[O-])c(CCl)c1. The zero-order chi connectivity index (χ0) is 13.9. The number of benzene rings is 1. The van der Waals surface area contributed by atoms with E-state index < -0.39 is 4.92 Å². The third-order valence-corrected chi connectivity index (χ3v) is 2.84. The van der Waals surface area contributed by atoms with Crippen LogP contribution in [0.2, 0.25) is 0 Å². The molecule has 0 amide bonds. The van der Waals surface area contributed by atoms with Crippen LogP contribution in [0.15, 0.2) is 18.2 Å². The van der Waals surface area contributed by atoms with E-state index in [2.05, 4.69) is 25.7 Å². The van der Waals surface area contributed by atoms with Gasteiger partial charge in [0, 0.05) is 30.9 Å². The molecule has 0 N–H and O–H groups in total. The standard InChI is InChI=1S/C13H19ClN2O2/c1-13(2,3)9-15(4)11-5-6-12(16(17)18)10(7-11)8-14/h5-7H,8-9H2,1-4H3. The van der Waals surface area contributed by atoms with Gasteiger partial charge in [0.1, 0.15) is 0 Å². The van der Waals surface area contributed by atoms with Crippen molar-refractivity contribution < 1.29 is 4.92 Å². The van der Waals surface area contributed by atoms with E-state index in [1.54, 1.807) is 12.1 Å². The van der Waals surface area contributed by atoms with E-state index in [9.17, 15) is 10.1 Å². The average molecular weight is 271 g/mol. The van der Waals surface area contributed by atoms with E-state index in [4.69, 9.17) is 11.6 Å². The quantitative estimate of drug-likeness (QED) is 0.475. The minimum Gasteiger partial charge on any atom is -0.374 e. The number of hydrogen-bond donors (Lipinski definition) is 0. The highest BCUT2D eigenvalue weighted by molar-refractivity contribution is 6.17. The van der Waals surface area contributed by atoms with Gasteiger partial charge >= 0.3 is 0 Å². The Kier molecular flexibility index (Phi) is 4.57. The highest BCUT2D eigenvalue weighted by Crippen LogP contribution is 2.27. The number of nitro groups is 1. The molecular weight excluding hydrogens is 252 g/mol. The van der Waals surface area contributed by atoms with Gasteiger partial charge in [-0.2, -0.15) is 0 Å². The Morgan fingerprint density at radius 1 is 1.39 bits per heavy atom. The molecule has 4 nitrogen and oxygen atoms in total. The summed E-state index contributed by atoms with van der Waals surface area (Å²) in [6, 6.07) is 5.07. The van der Waals surface area contributed by atoms with Crippen molar-refractivity contribution in [2.45, 2.75) is 26.7 Å². The first kappa shape index (κ1) is 14.8. The molecule has 100 valence electrons. The molecule has 0 aliphatic heterocycles. The van der Waals surface area contributed by atoms with Crippen molar-refractivity contribution in [2.24, 2.45) is 5.41 Å². The van der Waals surface area contributed by atoms with Crippen LogP contribution in [0.4, 0.5) is 11.4 Å². The Bertz CT molecular complexity index is 441. The minimum atomic E-state index is -0.398. The fourth-order valence-corrected chi connectivity index (χ4v) is 2.11. The first-order valence-electron chi connectivity index (χ1n) is 5.79. The molecule has 5 heteroatoms. The highest BCUT2D eigenvalue weighted by atomic mass is 35.5. The largest absolute Gasteiger partial charge is 0.374 e. The van der Waals surface area contributed by atoms with E-state index in [1.165, 1.54) is 6.07 Å². The number of halogens is 1. The molecule has 0 aliphatic rings. The fraction of sp³-hybridized carbons (Fsp3) is 0.538. The number of anilines is 1. The molecule has 0 unspecified atom stereocenters. The van der Waals surface area contributed by atoms with Gasteiger partial charge in [-0.3, -0.25) is 10.1 Å². The summed E-state index contributed by atoms with van der Waals surface area (Å²) in [4.78, 5) is 12.5. The normalized spacial score (nSPS) is 11.4. The predicted octanol–water partition coefficient (Wildman–Crippen LogP) is 3.82. The second kappa shape index (κ2) is 5.57. The van der Waals surface area contributed by atoms with Crippen molar-refractivity contribution in [3.63, 3.8) is 0 Å². The number of nitrogens with zero attached hydrogens (tertiary/aromatic N) is 2. The van der Waals surface area contributed by atoms with Crippen LogP contribution < -0.4 is 4.90 Å². The molecule has 0 aromatic heterocycles. The molecule has 0 heterocycles. The lowest BCUT2D eigenvalue weighted by Crippen LogP contribution is -2.29. The number of nitro benzene ring substituents is 1. The lowest BCUT2D eigenvalue weighted by atomic mass is 9.96. The van der Waals surface area contributed by atoms with Crippen LogP contribution in [-0.2, 0) is 5.88 Å². The van der Waals surface area contributed by atoms with Gasteiger partial charge in [-0.1, -0.05) is 20.8 Å². The van der Waals surface area contributed by atoms with Gasteiger partial charge in [0.15, 0.2) is 0 Å². The molecule has 0 radical (unpaired) electrons. The van der Waals surface area contributed by atoms with E-state index in [0.29, 0.717) is 5.56 Å². The van der Waals surface area contributed by atoms with Crippen molar-refractivity contribution in [3.8, 4) is 0 Å². The van der Waals surface area contributed by atoms with E-state index in [1.807, 2.05) is 7.05 Å². The Morgan fingerprint density at radius 2 is 2.00 bits per heavy atom. The lowest BCUT2D eigenvalue weighted by Gasteiger charge is -2.28. The molecule has 1 aromatic rings. The molecule has 0 fully saturated rings. The van der Waals surface area contributed by atoms with Crippen LogP contribution in [0.3, 0.4) is 0 Å². The molecule has 0 saturated carbocycles. The second-order valence-corrected chi connectivity index (χ2v) is 5.89. The maximum atomic E-state index is 10.8. The zero-order valence-corrected chi connectivity index (χ0v) is 12.0. The Morgan fingerprint density at radius 3 is 2.44 bits per heavy atom. The average Bonchev–Trinajstić information content (AvgIpc) is 2.25. The first-order chi connectivity index (χ1) is 8.24. The Balaban J connectivity index is 3.02. The van der Waals surface area contributed by atoms with Crippen LogP contribution >= 0.6 is 11.6 Å². The van der Waals surface area contributed by atoms with Crippen molar-refractivity contribution in [3.05, 3.63) is 33.9 Å². The van der Waals surface area contributed by atoms with Crippen LogP contribution in [0, 0.1) is 15.5 Å². The van der Waals surface area contributed by atoms with Crippen molar-refractivity contribution in [1.29, 1.82) is 0 Å². The Labute approximate surface area is 113 Å². The molecule has 0 saturated heterocycles. The van der Waals surface area contributed by atoms with Gasteiger partial charge in [-0.05, 0) is 17.5 Å². The number of hydrogen-bond acceptors (Lipinski definition) is 3. The molecule has 0 spiro atoms. The molecule has 0 bridgehead atoms. The monoisotopic (exact) mass is 270 g/mol. The van der Waals surface area contributed by atoms with Gasteiger partial charge in [-0.25, -0.2) is 0 Å². The fourth-order valence-electron chi connectivity index (χ4n) is 1.90. The molecular formula is C13H19ClN2O2. The maximum Gasteiger partial charge on any atom is 0.273 e. The van der Waals surface area contributed by atoms with Gasteiger partial charge < -0.3 is 4.90 Å². The van der Waals surface area contributed by atoms with Gasteiger partial charge in [-0.15, -0.1) is 11.6 Å². The number of rotatable bonds is 4. The van der Waals surface area contributed by atoms with Crippen molar-refractivity contribution in [1.82, 2.24) is 0 Å². The van der Waals surface area contributed by atoms with Gasteiger partial charge in [0.25, 0.3) is 5.69 Å². The summed E-state index contributed by atoms with van der Waals surface area (Å²) in [5.74, 6) is 0.146. The van der Waals surface area contributed by atoms with Crippen molar-refractivity contribution >= 4 is 23.0 Å². The van der Waals surface area contributed by atoms with Crippen LogP contribution in [-0.4, -0.2) is 18.5 Å². The van der Waals surface area contributed by atoms with Crippen LogP contribution in [0.25, 0.3) is 0 Å². The molecule has 18 heavy (non-hydrogen) atoms. The van der Waals surface area contributed by atoms with Gasteiger partial charge in [0.05, 0.1) is 10.8 Å². The molecule has 1 rings (SSSR count). The summed E-state index contributed by atoms with van der Waals surface area (Å²) < 4.78 is 0. The molecule has 0 aliphatic carbocycles. The summed E-state index contributed by atoms with van der Waals surface area (Å²) in [6.07, 6.45) is 0. The first-order valence-corrected chi connectivity index (χ1v) is 6.32. The summed E-state index contributed by atoms with van der Waals surface area (Å²) >= 11 is 5.76. The minimum absolute atomic E-state index is 0.0814. The highest BCUT2D eigenvalue weighted by Gasteiger charge is 2.17. The van der Waals surface area contributed by atoms with E-state index in [0.717, 1.165) is 12.2 Å². The lowest BCUT2D eigenvalue weighted by molar-refractivity contribution is -0.385. The second-order valence-electron chi connectivity index (χ2n) is 5.62. The third-order valence-electron chi connectivity index (χ3n) is 2.56. The third kappa shape index (κ3) is 3.88. The maximum absolute atomic E-state index is 10.8. The molecule has 0 atom stereocenters. The van der Waals surface area contributed by atoms with Crippen molar-refractivity contribution in [2.75, 3.05) is 18.5 Å². The van der Waals surface area contributed by atoms with Crippen LogP contribution in [0.5, 0.6) is 0 Å². The number of alkyl halides is 1. The summed E-state index contributed by atoms with van der Waals surface area (Å²) in [5.41, 5.74) is 1.75. The summed E-state index contributed by atoms with van der Waals surface area (Å²) in [7, 11) is 1.98. The smallest absolute Gasteiger partial charge is 0.273 e. The topological polar surface area (TPSA) is 46.4 Å². The Hall–Kier alpha value is -1.29. The summed E-state index contributed by atoms with van der Waals surface area (Å²) in [6.45, 7) is 7.32. The van der Waals surface area contributed by atoms with E-state index in [-0.39, 0.29) is 17.0 Å². The zero-order valence-electron chi connectivity index (χ0n) is 11.2. The van der Waals surface area contributed by atoms with Gasteiger partial charge in [0.2, 0.25) is 0 Å². The predicted molar refractivity (Wildman–Crippen MR) is 75.4 cm³/mol. The van der Waals surface area contributed by atoms with Crippen LogP contribution in [0.1, 0.15) is 26.3 Å². The summed E-state index contributed by atoms with van der Waals surface area (Å²) in [5, 5.41) is 10.8. The molecule has 1 aromatic carbocycles.